The number of aromatic nitrogens is 1. The largest absolute Gasteiger partial charge is 0.339 e. The molecule has 0 aromatic carbocycles. The number of likely N-dealkylation sites (tertiary alicyclic amines) is 1. The highest BCUT2D eigenvalue weighted by Crippen LogP contribution is 2.29. The van der Waals surface area contributed by atoms with E-state index in [2.05, 4.69) is 10.3 Å². The Kier molecular flexibility index (Phi) is 3.90. The van der Waals surface area contributed by atoms with Crippen LogP contribution in [0.4, 0.5) is 5.82 Å². The van der Waals surface area contributed by atoms with Crippen molar-refractivity contribution in [2.24, 2.45) is 5.92 Å². The van der Waals surface area contributed by atoms with Gasteiger partial charge in [-0.05, 0) is 37.5 Å². The molecule has 1 atom stereocenters. The first-order valence-corrected chi connectivity index (χ1v) is 7.66. The molecule has 2 fully saturated rings. The highest BCUT2D eigenvalue weighted by molar-refractivity contribution is 5.96. The van der Waals surface area contributed by atoms with Gasteiger partial charge < -0.3 is 10.2 Å². The molecule has 1 aromatic heterocycles. The third-order valence-electron chi connectivity index (χ3n) is 4.46. The van der Waals surface area contributed by atoms with Crippen LogP contribution in [0.5, 0.6) is 0 Å². The van der Waals surface area contributed by atoms with Crippen LogP contribution in [0.2, 0.25) is 0 Å². The first kappa shape index (κ1) is 14.0. The van der Waals surface area contributed by atoms with Crippen molar-refractivity contribution in [3.63, 3.8) is 0 Å². The van der Waals surface area contributed by atoms with Crippen LogP contribution >= 0.6 is 0 Å². The molecule has 5 heteroatoms. The van der Waals surface area contributed by atoms with E-state index in [0.717, 1.165) is 18.4 Å². The average Bonchev–Trinajstić information content (AvgIpc) is 3.07. The third kappa shape index (κ3) is 3.06. The van der Waals surface area contributed by atoms with Gasteiger partial charge in [-0.2, -0.15) is 0 Å². The van der Waals surface area contributed by atoms with Crippen molar-refractivity contribution in [1.29, 1.82) is 0 Å². The predicted molar refractivity (Wildman–Crippen MR) is 79.7 cm³/mol. The molecule has 21 heavy (non-hydrogen) atoms. The molecule has 2 heterocycles. The molecule has 1 aromatic rings. The van der Waals surface area contributed by atoms with Gasteiger partial charge in [0, 0.05) is 25.2 Å². The maximum Gasteiger partial charge on any atom is 0.230 e. The lowest BCUT2D eigenvalue weighted by Gasteiger charge is -2.23. The summed E-state index contributed by atoms with van der Waals surface area (Å²) in [5.41, 5.74) is 1.05. The lowest BCUT2D eigenvalue weighted by molar-refractivity contribution is -0.129. The van der Waals surface area contributed by atoms with Crippen LogP contribution in [0.1, 0.15) is 37.7 Å². The van der Waals surface area contributed by atoms with Crippen molar-refractivity contribution < 1.29 is 9.59 Å². The Morgan fingerprint density at radius 1 is 1.38 bits per heavy atom. The summed E-state index contributed by atoms with van der Waals surface area (Å²) in [5.74, 6) is 0.341. The summed E-state index contributed by atoms with van der Waals surface area (Å²) in [4.78, 5) is 30.5. The minimum atomic E-state index is -0.250. The fourth-order valence-corrected chi connectivity index (χ4v) is 3.31. The zero-order chi connectivity index (χ0) is 14.8. The number of nitrogens with one attached hydrogen (secondary N) is 1. The molecular formula is C16H21N3O2. The second kappa shape index (κ2) is 5.84. The van der Waals surface area contributed by atoms with Crippen LogP contribution in [-0.4, -0.2) is 34.3 Å². The van der Waals surface area contributed by atoms with Gasteiger partial charge in [0.05, 0.1) is 5.92 Å². The van der Waals surface area contributed by atoms with Crippen LogP contribution in [0.15, 0.2) is 18.3 Å². The lowest BCUT2D eigenvalue weighted by Crippen LogP contribution is -2.35. The fraction of sp³-hybridized carbons (Fsp3) is 0.562. The van der Waals surface area contributed by atoms with Crippen LogP contribution in [0, 0.1) is 12.8 Å². The number of carbonyl (C=O) groups excluding carboxylic acids is 2. The standard InChI is InChI=1S/C16H21N3O2/c1-11-6-7-17-14(8-11)18-16(21)12-9-15(20)19(10-12)13-4-2-3-5-13/h6-8,12-13H,2-5,9-10H2,1H3,(H,17,18,21)/t12-/m0/s1. The Morgan fingerprint density at radius 2 is 2.14 bits per heavy atom. The molecule has 1 saturated carbocycles. The molecule has 0 radical (unpaired) electrons. The van der Waals surface area contributed by atoms with Gasteiger partial charge in [-0.3, -0.25) is 9.59 Å². The summed E-state index contributed by atoms with van der Waals surface area (Å²) in [7, 11) is 0. The van der Waals surface area contributed by atoms with Crippen molar-refractivity contribution in [3.8, 4) is 0 Å². The second-order valence-electron chi connectivity index (χ2n) is 6.09. The van der Waals surface area contributed by atoms with Gasteiger partial charge in [0.15, 0.2) is 0 Å². The van der Waals surface area contributed by atoms with E-state index < -0.39 is 0 Å². The van der Waals surface area contributed by atoms with Crippen molar-refractivity contribution >= 4 is 17.6 Å². The van der Waals surface area contributed by atoms with E-state index in [-0.39, 0.29) is 17.7 Å². The molecule has 1 saturated heterocycles. The second-order valence-corrected chi connectivity index (χ2v) is 6.09. The minimum absolute atomic E-state index is 0.0954. The molecule has 0 spiro atoms. The molecule has 3 rings (SSSR count). The molecular weight excluding hydrogens is 266 g/mol. The maximum absolute atomic E-state index is 12.3. The maximum atomic E-state index is 12.3. The monoisotopic (exact) mass is 287 g/mol. The fourth-order valence-electron chi connectivity index (χ4n) is 3.31. The molecule has 1 aliphatic carbocycles. The SMILES string of the molecule is Cc1ccnc(NC(=O)[C@H]2CC(=O)N(C3CCCC3)C2)c1. The number of hydrogen-bond acceptors (Lipinski definition) is 3. The molecule has 0 bridgehead atoms. The van der Waals surface area contributed by atoms with Gasteiger partial charge in [-0.15, -0.1) is 0 Å². The highest BCUT2D eigenvalue weighted by atomic mass is 16.2. The molecule has 5 nitrogen and oxygen atoms in total. The Hall–Kier alpha value is -1.91. The zero-order valence-corrected chi connectivity index (χ0v) is 12.3. The van der Waals surface area contributed by atoms with Crippen molar-refractivity contribution in [3.05, 3.63) is 23.9 Å². The van der Waals surface area contributed by atoms with E-state index >= 15 is 0 Å². The Bertz CT molecular complexity index is 552. The summed E-state index contributed by atoms with van der Waals surface area (Å²) in [5, 5.41) is 2.83. The van der Waals surface area contributed by atoms with E-state index in [4.69, 9.17) is 0 Å². The average molecular weight is 287 g/mol. The third-order valence-corrected chi connectivity index (χ3v) is 4.46. The van der Waals surface area contributed by atoms with E-state index in [0.29, 0.717) is 24.8 Å². The summed E-state index contributed by atoms with van der Waals surface area (Å²) in [6, 6.07) is 4.08. The first-order valence-electron chi connectivity index (χ1n) is 7.66. The molecule has 0 unspecified atom stereocenters. The summed E-state index contributed by atoms with van der Waals surface area (Å²) >= 11 is 0. The van der Waals surface area contributed by atoms with E-state index in [9.17, 15) is 9.59 Å². The Labute approximate surface area is 124 Å². The van der Waals surface area contributed by atoms with E-state index in [1.807, 2.05) is 24.0 Å². The number of nitrogens with zero attached hydrogens (tertiary/aromatic N) is 2. The van der Waals surface area contributed by atoms with Crippen molar-refractivity contribution in [2.45, 2.75) is 45.1 Å². The zero-order valence-electron chi connectivity index (χ0n) is 12.3. The predicted octanol–water partition coefficient (Wildman–Crippen LogP) is 2.12. The van der Waals surface area contributed by atoms with Gasteiger partial charge >= 0.3 is 0 Å². The van der Waals surface area contributed by atoms with Crippen LogP contribution < -0.4 is 5.32 Å². The normalized spacial score (nSPS) is 22.8. The number of rotatable bonds is 3. The molecule has 1 aliphatic heterocycles. The number of anilines is 1. The van der Waals surface area contributed by atoms with Crippen LogP contribution in [-0.2, 0) is 9.59 Å². The van der Waals surface area contributed by atoms with Crippen LogP contribution in [0.3, 0.4) is 0 Å². The number of carbonyl (C=O) groups is 2. The topological polar surface area (TPSA) is 62.3 Å². The van der Waals surface area contributed by atoms with Gasteiger partial charge in [0.25, 0.3) is 0 Å². The number of aryl methyl sites for hydroxylation is 1. The molecule has 1 N–H and O–H groups in total. The van der Waals surface area contributed by atoms with Gasteiger partial charge in [0.1, 0.15) is 5.82 Å². The lowest BCUT2D eigenvalue weighted by atomic mass is 10.1. The quantitative estimate of drug-likeness (QED) is 0.926. The van der Waals surface area contributed by atoms with Crippen molar-refractivity contribution in [1.82, 2.24) is 9.88 Å². The smallest absolute Gasteiger partial charge is 0.230 e. The molecule has 2 amide bonds. The molecule has 112 valence electrons. The molecule has 2 aliphatic rings. The van der Waals surface area contributed by atoms with Gasteiger partial charge in [0.2, 0.25) is 11.8 Å². The Morgan fingerprint density at radius 3 is 2.86 bits per heavy atom. The van der Waals surface area contributed by atoms with Crippen LogP contribution in [0.25, 0.3) is 0 Å². The summed E-state index contributed by atoms with van der Waals surface area (Å²) in [6.07, 6.45) is 6.56. The first-order chi connectivity index (χ1) is 10.1. The number of hydrogen-bond donors (Lipinski definition) is 1. The summed E-state index contributed by atoms with van der Waals surface area (Å²) in [6.45, 7) is 2.51. The number of amides is 2. The summed E-state index contributed by atoms with van der Waals surface area (Å²) < 4.78 is 0. The van der Waals surface area contributed by atoms with E-state index in [1.165, 1.54) is 12.8 Å². The minimum Gasteiger partial charge on any atom is -0.339 e. The van der Waals surface area contributed by atoms with Gasteiger partial charge in [-0.25, -0.2) is 4.98 Å². The van der Waals surface area contributed by atoms with Gasteiger partial charge in [-0.1, -0.05) is 12.8 Å². The van der Waals surface area contributed by atoms with E-state index in [1.54, 1.807) is 6.20 Å². The number of pyridine rings is 1. The van der Waals surface area contributed by atoms with Crippen molar-refractivity contribution in [2.75, 3.05) is 11.9 Å². The highest BCUT2D eigenvalue weighted by Gasteiger charge is 2.38. The Balaban J connectivity index is 1.62.